The first-order chi connectivity index (χ1) is 6.98. The van der Waals surface area contributed by atoms with Crippen LogP contribution in [0, 0.1) is 5.92 Å². The maximum Gasteiger partial charge on any atom is 0.129 e. The number of halogens is 1. The quantitative estimate of drug-likeness (QED) is 0.802. The first-order valence-corrected chi connectivity index (χ1v) is 5.15. The Labute approximate surface area is 89.9 Å². The third-order valence-corrected chi connectivity index (χ3v) is 2.81. The molecule has 0 saturated carbocycles. The number of phenolic OH excluding ortho intramolecular Hbond substituents is 1. The molecule has 0 amide bonds. The van der Waals surface area contributed by atoms with Crippen molar-refractivity contribution in [1.82, 2.24) is 0 Å². The van der Waals surface area contributed by atoms with E-state index < -0.39 is 5.67 Å². The van der Waals surface area contributed by atoms with Crippen LogP contribution in [0.25, 0.3) is 0 Å². The predicted octanol–water partition coefficient (Wildman–Crippen LogP) is 2.26. The minimum Gasteiger partial charge on any atom is -0.508 e. The summed E-state index contributed by atoms with van der Waals surface area (Å²) in [5, 5.41) is 9.10. The molecule has 0 aliphatic heterocycles. The molecule has 0 fully saturated rings. The van der Waals surface area contributed by atoms with Crippen molar-refractivity contribution in [3.05, 3.63) is 29.8 Å². The van der Waals surface area contributed by atoms with E-state index in [0.717, 1.165) is 5.56 Å². The standard InChI is InChI=1S/C12H18FNO/c1-9(2)12(13,8-14)7-10-3-5-11(15)6-4-10/h3-6,9,15H,7-8,14H2,1-2H3. The average Bonchev–Trinajstić information content (AvgIpc) is 2.21. The number of benzene rings is 1. The molecule has 0 saturated heterocycles. The van der Waals surface area contributed by atoms with Gasteiger partial charge in [0.2, 0.25) is 0 Å². The predicted molar refractivity (Wildman–Crippen MR) is 59.5 cm³/mol. The molecule has 1 rings (SSSR count). The lowest BCUT2D eigenvalue weighted by Gasteiger charge is -2.27. The maximum atomic E-state index is 14.2. The van der Waals surface area contributed by atoms with E-state index in [1.807, 2.05) is 13.8 Å². The summed E-state index contributed by atoms with van der Waals surface area (Å²) < 4.78 is 14.2. The zero-order valence-electron chi connectivity index (χ0n) is 9.20. The Kier molecular flexibility index (Phi) is 3.69. The SMILES string of the molecule is CC(C)C(F)(CN)Cc1ccc(O)cc1. The van der Waals surface area contributed by atoms with E-state index in [1.165, 1.54) is 0 Å². The number of hydrogen-bond acceptors (Lipinski definition) is 2. The highest BCUT2D eigenvalue weighted by Gasteiger charge is 2.32. The van der Waals surface area contributed by atoms with E-state index in [2.05, 4.69) is 0 Å². The molecule has 84 valence electrons. The van der Waals surface area contributed by atoms with Crippen LogP contribution in [0.3, 0.4) is 0 Å². The fourth-order valence-electron chi connectivity index (χ4n) is 1.47. The minimum atomic E-state index is -1.36. The maximum absolute atomic E-state index is 14.2. The van der Waals surface area contributed by atoms with Gasteiger partial charge in [0.25, 0.3) is 0 Å². The van der Waals surface area contributed by atoms with Crippen LogP contribution in [-0.4, -0.2) is 17.3 Å². The first-order valence-electron chi connectivity index (χ1n) is 5.15. The second kappa shape index (κ2) is 4.62. The molecular formula is C12H18FNO. The summed E-state index contributed by atoms with van der Waals surface area (Å²) in [5.74, 6) is 0.0804. The van der Waals surface area contributed by atoms with Crippen LogP contribution >= 0.6 is 0 Å². The number of phenols is 1. The van der Waals surface area contributed by atoms with Gasteiger partial charge in [-0.3, -0.25) is 0 Å². The van der Waals surface area contributed by atoms with Gasteiger partial charge in [-0.25, -0.2) is 4.39 Å². The number of aromatic hydroxyl groups is 1. The number of alkyl halides is 1. The fraction of sp³-hybridized carbons (Fsp3) is 0.500. The third-order valence-electron chi connectivity index (χ3n) is 2.81. The normalized spacial score (nSPS) is 15.3. The van der Waals surface area contributed by atoms with E-state index in [0.29, 0.717) is 6.42 Å². The van der Waals surface area contributed by atoms with Gasteiger partial charge in [0.1, 0.15) is 11.4 Å². The molecule has 1 unspecified atom stereocenters. The van der Waals surface area contributed by atoms with Gasteiger partial charge in [0, 0.05) is 13.0 Å². The smallest absolute Gasteiger partial charge is 0.129 e. The Morgan fingerprint density at radius 1 is 1.33 bits per heavy atom. The summed E-state index contributed by atoms with van der Waals surface area (Å²) in [6.07, 6.45) is 0.293. The second-order valence-electron chi connectivity index (χ2n) is 4.24. The Morgan fingerprint density at radius 3 is 2.27 bits per heavy atom. The molecule has 0 spiro atoms. The van der Waals surface area contributed by atoms with Crippen LogP contribution in [0.2, 0.25) is 0 Å². The number of rotatable bonds is 4. The van der Waals surface area contributed by atoms with Gasteiger partial charge in [-0.15, -0.1) is 0 Å². The molecule has 3 heteroatoms. The van der Waals surface area contributed by atoms with E-state index in [4.69, 9.17) is 10.8 Å². The van der Waals surface area contributed by atoms with Gasteiger partial charge >= 0.3 is 0 Å². The highest BCUT2D eigenvalue weighted by Crippen LogP contribution is 2.26. The lowest BCUT2D eigenvalue weighted by atomic mass is 9.86. The molecule has 0 heterocycles. The van der Waals surface area contributed by atoms with Crippen molar-refractivity contribution in [3.8, 4) is 5.75 Å². The average molecular weight is 211 g/mol. The molecule has 1 aromatic carbocycles. The van der Waals surface area contributed by atoms with Gasteiger partial charge < -0.3 is 10.8 Å². The molecule has 15 heavy (non-hydrogen) atoms. The molecular weight excluding hydrogens is 193 g/mol. The van der Waals surface area contributed by atoms with E-state index >= 15 is 0 Å². The van der Waals surface area contributed by atoms with Crippen LogP contribution in [0.5, 0.6) is 5.75 Å². The monoisotopic (exact) mass is 211 g/mol. The van der Waals surface area contributed by atoms with Crippen molar-refractivity contribution in [2.75, 3.05) is 6.54 Å². The molecule has 1 atom stereocenters. The summed E-state index contributed by atoms with van der Waals surface area (Å²) in [4.78, 5) is 0. The molecule has 3 N–H and O–H groups in total. The topological polar surface area (TPSA) is 46.2 Å². The fourth-order valence-corrected chi connectivity index (χ4v) is 1.47. The molecule has 0 aromatic heterocycles. The first kappa shape index (κ1) is 12.0. The minimum absolute atomic E-state index is 0.0194. The van der Waals surface area contributed by atoms with Crippen LogP contribution in [0.15, 0.2) is 24.3 Å². The van der Waals surface area contributed by atoms with E-state index in [-0.39, 0.29) is 18.2 Å². The zero-order chi connectivity index (χ0) is 11.5. The van der Waals surface area contributed by atoms with E-state index in [1.54, 1.807) is 24.3 Å². The van der Waals surface area contributed by atoms with Gasteiger partial charge in [0.05, 0.1) is 0 Å². The number of hydrogen-bond donors (Lipinski definition) is 2. The lowest BCUT2D eigenvalue weighted by Crippen LogP contribution is -2.40. The van der Waals surface area contributed by atoms with Crippen molar-refractivity contribution in [3.63, 3.8) is 0 Å². The Balaban J connectivity index is 2.79. The summed E-state index contributed by atoms with van der Waals surface area (Å²) >= 11 is 0. The molecule has 2 nitrogen and oxygen atoms in total. The summed E-state index contributed by atoms with van der Waals surface area (Å²) in [7, 11) is 0. The van der Waals surface area contributed by atoms with Gasteiger partial charge in [-0.1, -0.05) is 26.0 Å². The molecule has 0 aliphatic rings. The summed E-state index contributed by atoms with van der Waals surface area (Å²) in [5.41, 5.74) is 4.95. The van der Waals surface area contributed by atoms with Crippen molar-refractivity contribution in [2.45, 2.75) is 25.9 Å². The van der Waals surface area contributed by atoms with Crippen molar-refractivity contribution >= 4 is 0 Å². The lowest BCUT2D eigenvalue weighted by molar-refractivity contribution is 0.110. The van der Waals surface area contributed by atoms with Gasteiger partial charge in [-0.2, -0.15) is 0 Å². The van der Waals surface area contributed by atoms with Gasteiger partial charge in [0.15, 0.2) is 0 Å². The van der Waals surface area contributed by atoms with Crippen molar-refractivity contribution in [2.24, 2.45) is 11.7 Å². The van der Waals surface area contributed by atoms with Gasteiger partial charge in [-0.05, 0) is 23.6 Å². The second-order valence-corrected chi connectivity index (χ2v) is 4.24. The largest absolute Gasteiger partial charge is 0.508 e. The van der Waals surface area contributed by atoms with Crippen LogP contribution in [0.1, 0.15) is 19.4 Å². The highest BCUT2D eigenvalue weighted by molar-refractivity contribution is 5.27. The number of nitrogens with two attached hydrogens (primary N) is 1. The van der Waals surface area contributed by atoms with Crippen LogP contribution in [-0.2, 0) is 6.42 Å². The van der Waals surface area contributed by atoms with E-state index in [9.17, 15) is 4.39 Å². The molecule has 0 radical (unpaired) electrons. The molecule has 1 aromatic rings. The van der Waals surface area contributed by atoms with Crippen LogP contribution in [0.4, 0.5) is 4.39 Å². The van der Waals surface area contributed by atoms with Crippen molar-refractivity contribution < 1.29 is 9.50 Å². The highest BCUT2D eigenvalue weighted by atomic mass is 19.1. The summed E-state index contributed by atoms with van der Waals surface area (Å²) in [6.45, 7) is 3.67. The van der Waals surface area contributed by atoms with Crippen LogP contribution < -0.4 is 5.73 Å². The molecule has 0 bridgehead atoms. The van der Waals surface area contributed by atoms with Crippen molar-refractivity contribution in [1.29, 1.82) is 0 Å². The Bertz CT molecular complexity index is 310. The Hall–Kier alpha value is -1.09. The molecule has 0 aliphatic carbocycles. The Morgan fingerprint density at radius 2 is 1.87 bits per heavy atom. The third kappa shape index (κ3) is 2.93. The summed E-state index contributed by atoms with van der Waals surface area (Å²) in [6, 6.07) is 6.57. The zero-order valence-corrected chi connectivity index (χ0v) is 9.20.